The maximum absolute atomic E-state index is 14.3. The highest BCUT2D eigenvalue weighted by Crippen LogP contribution is 2.47. The highest BCUT2D eigenvalue weighted by Gasteiger charge is 2.36. The lowest BCUT2D eigenvalue weighted by atomic mass is 9.65. The monoisotopic (exact) mass is 311 g/mol. The number of benzene rings is 1. The zero-order valence-electron chi connectivity index (χ0n) is 13.4. The summed E-state index contributed by atoms with van der Waals surface area (Å²) >= 11 is 5.90. The van der Waals surface area contributed by atoms with Crippen LogP contribution in [-0.4, -0.2) is 13.1 Å². The van der Waals surface area contributed by atoms with Gasteiger partial charge in [0.15, 0.2) is 0 Å². The van der Waals surface area contributed by atoms with E-state index in [4.69, 9.17) is 11.6 Å². The van der Waals surface area contributed by atoms with Crippen LogP contribution >= 0.6 is 11.6 Å². The fourth-order valence-corrected chi connectivity index (χ4v) is 3.67. The van der Waals surface area contributed by atoms with Crippen molar-refractivity contribution >= 4 is 11.6 Å². The van der Waals surface area contributed by atoms with Gasteiger partial charge >= 0.3 is 0 Å². The molecular weight excluding hydrogens is 285 g/mol. The van der Waals surface area contributed by atoms with Crippen LogP contribution in [0.2, 0.25) is 5.02 Å². The highest BCUT2D eigenvalue weighted by molar-refractivity contribution is 6.30. The molecule has 0 saturated heterocycles. The average Bonchev–Trinajstić information content (AvgIpc) is 2.40. The molecule has 21 heavy (non-hydrogen) atoms. The van der Waals surface area contributed by atoms with Crippen LogP contribution in [0.15, 0.2) is 18.2 Å². The van der Waals surface area contributed by atoms with Gasteiger partial charge in [0.25, 0.3) is 0 Å². The van der Waals surface area contributed by atoms with Crippen LogP contribution in [0.1, 0.15) is 57.9 Å². The topological polar surface area (TPSA) is 12.0 Å². The fourth-order valence-electron chi connectivity index (χ4n) is 3.52. The van der Waals surface area contributed by atoms with Gasteiger partial charge in [0, 0.05) is 5.02 Å². The van der Waals surface area contributed by atoms with E-state index in [0.717, 1.165) is 37.9 Å². The quantitative estimate of drug-likeness (QED) is 0.719. The first-order valence-electron chi connectivity index (χ1n) is 8.08. The summed E-state index contributed by atoms with van der Waals surface area (Å²) in [4.78, 5) is 0. The summed E-state index contributed by atoms with van der Waals surface area (Å²) in [7, 11) is 0. The van der Waals surface area contributed by atoms with E-state index in [-0.39, 0.29) is 17.2 Å². The van der Waals surface area contributed by atoms with E-state index < -0.39 is 0 Å². The van der Waals surface area contributed by atoms with E-state index >= 15 is 0 Å². The molecule has 2 rings (SSSR count). The van der Waals surface area contributed by atoms with Crippen LogP contribution in [0.5, 0.6) is 0 Å². The number of hydrogen-bond acceptors (Lipinski definition) is 1. The van der Waals surface area contributed by atoms with Gasteiger partial charge < -0.3 is 5.32 Å². The largest absolute Gasteiger partial charge is 0.316 e. The van der Waals surface area contributed by atoms with Gasteiger partial charge in [0.1, 0.15) is 5.82 Å². The van der Waals surface area contributed by atoms with Crippen molar-refractivity contribution in [3.8, 4) is 0 Å². The Morgan fingerprint density at radius 3 is 2.81 bits per heavy atom. The van der Waals surface area contributed by atoms with Crippen LogP contribution in [-0.2, 0) is 0 Å². The number of halogens is 2. The molecule has 0 amide bonds. The van der Waals surface area contributed by atoms with E-state index in [1.54, 1.807) is 0 Å². The molecule has 118 valence electrons. The molecule has 0 spiro atoms. The first kappa shape index (κ1) is 16.8. The van der Waals surface area contributed by atoms with Crippen LogP contribution in [0, 0.1) is 17.2 Å². The Morgan fingerprint density at radius 1 is 1.38 bits per heavy atom. The smallest absolute Gasteiger partial charge is 0.128 e. The average molecular weight is 312 g/mol. The van der Waals surface area contributed by atoms with Gasteiger partial charge in [-0.25, -0.2) is 4.39 Å². The second-order valence-corrected chi connectivity index (χ2v) is 7.58. The van der Waals surface area contributed by atoms with E-state index in [9.17, 15) is 4.39 Å². The van der Waals surface area contributed by atoms with Gasteiger partial charge in [-0.15, -0.1) is 0 Å². The normalized spacial score (nSPS) is 25.0. The molecule has 1 fully saturated rings. The molecule has 1 saturated carbocycles. The van der Waals surface area contributed by atoms with Crippen LogP contribution < -0.4 is 5.32 Å². The van der Waals surface area contributed by atoms with Crippen molar-refractivity contribution in [1.29, 1.82) is 0 Å². The molecule has 2 atom stereocenters. The van der Waals surface area contributed by atoms with Gasteiger partial charge in [-0.1, -0.05) is 38.4 Å². The van der Waals surface area contributed by atoms with Crippen LogP contribution in [0.3, 0.4) is 0 Å². The predicted molar refractivity (Wildman–Crippen MR) is 88.4 cm³/mol. The Bertz CT molecular complexity index is 472. The lowest BCUT2D eigenvalue weighted by Gasteiger charge is -2.41. The maximum atomic E-state index is 14.3. The van der Waals surface area contributed by atoms with E-state index in [1.807, 2.05) is 12.1 Å². The molecule has 1 aromatic rings. The van der Waals surface area contributed by atoms with Crippen molar-refractivity contribution in [3.05, 3.63) is 34.6 Å². The van der Waals surface area contributed by atoms with Crippen LogP contribution in [0.25, 0.3) is 0 Å². The third-order valence-electron chi connectivity index (χ3n) is 4.73. The van der Waals surface area contributed by atoms with Crippen LogP contribution in [0.4, 0.5) is 4.39 Å². The highest BCUT2D eigenvalue weighted by atomic mass is 35.5. The van der Waals surface area contributed by atoms with Gasteiger partial charge in [0.05, 0.1) is 0 Å². The molecular formula is C18H27ClFN. The Morgan fingerprint density at radius 2 is 2.14 bits per heavy atom. The van der Waals surface area contributed by atoms with E-state index in [0.29, 0.717) is 10.9 Å². The van der Waals surface area contributed by atoms with Crippen molar-refractivity contribution in [2.75, 3.05) is 13.1 Å². The number of nitrogens with one attached hydrogen (secondary N) is 1. The number of rotatable bonds is 5. The third kappa shape index (κ3) is 4.43. The summed E-state index contributed by atoms with van der Waals surface area (Å²) in [5, 5.41) is 3.99. The van der Waals surface area contributed by atoms with Gasteiger partial charge in [-0.3, -0.25) is 0 Å². The first-order valence-corrected chi connectivity index (χ1v) is 8.46. The van der Waals surface area contributed by atoms with E-state index in [2.05, 4.69) is 26.1 Å². The summed E-state index contributed by atoms with van der Waals surface area (Å²) in [5.41, 5.74) is 1.13. The molecule has 0 aliphatic heterocycles. The Labute approximate surface area is 133 Å². The molecule has 1 nitrogen and oxygen atoms in total. The van der Waals surface area contributed by atoms with Crippen molar-refractivity contribution in [2.45, 2.75) is 52.4 Å². The molecule has 3 heteroatoms. The second kappa shape index (κ2) is 7.11. The first-order chi connectivity index (χ1) is 9.93. The standard InChI is InChI=1S/C18H27ClFN/c1-4-9-21-12-13-7-8-18(2,3)11-16(13)15-6-5-14(19)10-17(15)20/h5-6,10,13,16,21H,4,7-9,11-12H2,1-3H3. The summed E-state index contributed by atoms with van der Waals surface area (Å²) in [6, 6.07) is 5.16. The molecule has 0 bridgehead atoms. The Hall–Kier alpha value is -0.600. The Kier molecular flexibility index (Phi) is 5.67. The van der Waals surface area contributed by atoms with Gasteiger partial charge in [-0.2, -0.15) is 0 Å². The van der Waals surface area contributed by atoms with E-state index in [1.165, 1.54) is 12.5 Å². The molecule has 1 aliphatic rings. The van der Waals surface area contributed by atoms with Crippen molar-refractivity contribution < 1.29 is 4.39 Å². The number of hydrogen-bond donors (Lipinski definition) is 1. The lowest BCUT2D eigenvalue weighted by Crippen LogP contribution is -2.35. The minimum absolute atomic E-state index is 0.148. The zero-order chi connectivity index (χ0) is 15.5. The fraction of sp³-hybridized carbons (Fsp3) is 0.667. The second-order valence-electron chi connectivity index (χ2n) is 7.14. The minimum Gasteiger partial charge on any atom is -0.316 e. The maximum Gasteiger partial charge on any atom is 0.128 e. The summed E-state index contributed by atoms with van der Waals surface area (Å²) in [6.07, 6.45) is 4.57. The summed E-state index contributed by atoms with van der Waals surface area (Å²) in [6.45, 7) is 8.78. The van der Waals surface area contributed by atoms with Crippen molar-refractivity contribution in [2.24, 2.45) is 11.3 Å². The summed E-state index contributed by atoms with van der Waals surface area (Å²) in [5.74, 6) is 0.654. The molecule has 2 unspecified atom stereocenters. The minimum atomic E-state index is -0.148. The summed E-state index contributed by atoms with van der Waals surface area (Å²) < 4.78 is 14.3. The SMILES string of the molecule is CCCNCC1CCC(C)(C)CC1c1ccc(Cl)cc1F. The molecule has 1 N–H and O–H groups in total. The molecule has 1 aromatic carbocycles. The van der Waals surface area contributed by atoms with Gasteiger partial charge in [-0.05, 0) is 73.7 Å². The molecule has 0 radical (unpaired) electrons. The Balaban J connectivity index is 2.20. The zero-order valence-corrected chi connectivity index (χ0v) is 14.1. The van der Waals surface area contributed by atoms with Crippen molar-refractivity contribution in [1.82, 2.24) is 5.32 Å². The molecule has 1 aliphatic carbocycles. The molecule has 0 aromatic heterocycles. The molecule has 0 heterocycles. The lowest BCUT2D eigenvalue weighted by molar-refractivity contribution is 0.157. The van der Waals surface area contributed by atoms with Crippen molar-refractivity contribution in [3.63, 3.8) is 0 Å². The third-order valence-corrected chi connectivity index (χ3v) is 4.96. The van der Waals surface area contributed by atoms with Gasteiger partial charge in [0.2, 0.25) is 0 Å². The predicted octanol–water partition coefficient (Wildman–Crippen LogP) is 5.39.